The summed E-state index contributed by atoms with van der Waals surface area (Å²) in [5.74, 6) is -0.634. The molecule has 0 radical (unpaired) electrons. The van der Waals surface area contributed by atoms with E-state index in [4.69, 9.17) is 4.74 Å². The molecule has 0 fully saturated rings. The molecule has 0 aliphatic carbocycles. The van der Waals surface area contributed by atoms with E-state index < -0.39 is 12.0 Å². The van der Waals surface area contributed by atoms with Gasteiger partial charge in [0.15, 0.2) is 0 Å². The number of nitrogens with one attached hydrogen (secondary N) is 1. The lowest BCUT2D eigenvalue weighted by Crippen LogP contribution is -2.45. The fourth-order valence-corrected chi connectivity index (χ4v) is 1.61. The van der Waals surface area contributed by atoms with Crippen LogP contribution in [0.1, 0.15) is 30.6 Å². The van der Waals surface area contributed by atoms with Gasteiger partial charge in [-0.05, 0) is 18.1 Å². The van der Waals surface area contributed by atoms with Crippen molar-refractivity contribution < 1.29 is 14.3 Å². The van der Waals surface area contributed by atoms with Crippen LogP contribution in [-0.4, -0.2) is 25.0 Å². The van der Waals surface area contributed by atoms with Gasteiger partial charge in [-0.1, -0.05) is 38.5 Å². The molecule has 0 aliphatic rings. The Balaban J connectivity index is 2.78. The second-order valence-electron chi connectivity index (χ2n) is 4.23. The summed E-state index contributed by atoms with van der Waals surface area (Å²) >= 11 is 0. The highest BCUT2D eigenvalue weighted by Gasteiger charge is 2.26. The molecule has 0 aromatic heterocycles. The molecule has 4 nitrogen and oxygen atoms in total. The molecule has 1 aromatic carbocycles. The number of hydrogen-bond donors (Lipinski definition) is 1. The Labute approximate surface area is 107 Å². The molecule has 1 amide bonds. The summed E-state index contributed by atoms with van der Waals surface area (Å²) in [6.45, 7) is 3.88. The first kappa shape index (κ1) is 14.2. The molecular weight excluding hydrogens is 230 g/mol. The maximum Gasteiger partial charge on any atom is 0.328 e. The zero-order valence-corrected chi connectivity index (χ0v) is 11.0. The van der Waals surface area contributed by atoms with Crippen molar-refractivity contribution in [3.8, 4) is 0 Å². The molecule has 0 heterocycles. The summed E-state index contributed by atoms with van der Waals surface area (Å²) in [6, 6.07) is 8.22. The molecule has 0 aliphatic heterocycles. The quantitative estimate of drug-likeness (QED) is 0.812. The number of hydrogen-bond acceptors (Lipinski definition) is 3. The van der Waals surface area contributed by atoms with E-state index in [-0.39, 0.29) is 11.8 Å². The number of rotatable bonds is 5. The van der Waals surface area contributed by atoms with E-state index in [1.165, 1.54) is 7.11 Å². The largest absolute Gasteiger partial charge is 0.467 e. The molecule has 1 N–H and O–H groups in total. The van der Waals surface area contributed by atoms with Gasteiger partial charge in [-0.2, -0.15) is 0 Å². The van der Waals surface area contributed by atoms with Crippen LogP contribution in [0.5, 0.6) is 0 Å². The van der Waals surface area contributed by atoms with Crippen molar-refractivity contribution in [3.63, 3.8) is 0 Å². The fraction of sp³-hybridized carbons (Fsp3) is 0.429. The molecule has 0 saturated carbocycles. The first-order chi connectivity index (χ1) is 8.60. The van der Waals surface area contributed by atoms with Gasteiger partial charge < -0.3 is 10.1 Å². The molecule has 1 aromatic rings. The zero-order chi connectivity index (χ0) is 13.5. The summed E-state index contributed by atoms with van der Waals surface area (Å²) < 4.78 is 4.72. The van der Waals surface area contributed by atoms with Crippen molar-refractivity contribution in [3.05, 3.63) is 35.9 Å². The van der Waals surface area contributed by atoms with Crippen molar-refractivity contribution in [2.24, 2.45) is 5.92 Å². The Morgan fingerprint density at radius 2 is 1.89 bits per heavy atom. The third kappa shape index (κ3) is 3.58. The lowest BCUT2D eigenvalue weighted by molar-refractivity contribution is -0.144. The van der Waals surface area contributed by atoms with E-state index >= 15 is 0 Å². The van der Waals surface area contributed by atoms with Crippen molar-refractivity contribution >= 4 is 11.9 Å². The standard InChI is InChI=1S/C14H19NO3/c1-4-10(2)12(14(17)18-3)15-13(16)11-8-6-5-7-9-11/h5-10,12H,4H2,1-3H3,(H,15,16)/t10-,12-/m0/s1. The van der Waals surface area contributed by atoms with Crippen LogP contribution in [0, 0.1) is 5.92 Å². The van der Waals surface area contributed by atoms with Crippen LogP contribution in [-0.2, 0) is 9.53 Å². The van der Waals surface area contributed by atoms with Gasteiger partial charge in [0.25, 0.3) is 5.91 Å². The predicted octanol–water partition coefficient (Wildman–Crippen LogP) is 2.00. The van der Waals surface area contributed by atoms with E-state index in [1.54, 1.807) is 24.3 Å². The molecule has 18 heavy (non-hydrogen) atoms. The molecule has 0 saturated heterocycles. The number of benzene rings is 1. The van der Waals surface area contributed by atoms with Crippen LogP contribution in [0.25, 0.3) is 0 Å². The molecule has 0 bridgehead atoms. The third-order valence-corrected chi connectivity index (χ3v) is 2.99. The van der Waals surface area contributed by atoms with E-state index in [1.807, 2.05) is 19.9 Å². The third-order valence-electron chi connectivity index (χ3n) is 2.99. The first-order valence-corrected chi connectivity index (χ1v) is 6.03. The molecule has 0 spiro atoms. The number of ether oxygens (including phenoxy) is 1. The molecule has 0 unspecified atom stereocenters. The van der Waals surface area contributed by atoms with Gasteiger partial charge in [0.1, 0.15) is 6.04 Å². The Hall–Kier alpha value is -1.84. The van der Waals surface area contributed by atoms with Crippen molar-refractivity contribution in [1.82, 2.24) is 5.32 Å². The van der Waals surface area contributed by atoms with Crippen LogP contribution in [0.2, 0.25) is 0 Å². The maximum absolute atomic E-state index is 12.0. The highest BCUT2D eigenvalue weighted by Crippen LogP contribution is 2.10. The SMILES string of the molecule is CC[C@H](C)[C@H](NC(=O)c1ccccc1)C(=O)OC. The molecular formula is C14H19NO3. The molecule has 1 rings (SSSR count). The van der Waals surface area contributed by atoms with E-state index in [0.717, 1.165) is 6.42 Å². The van der Waals surface area contributed by atoms with Gasteiger partial charge in [0.05, 0.1) is 7.11 Å². The number of amides is 1. The Morgan fingerprint density at radius 1 is 1.28 bits per heavy atom. The van der Waals surface area contributed by atoms with Crippen LogP contribution in [0.4, 0.5) is 0 Å². The molecule has 4 heteroatoms. The second-order valence-corrected chi connectivity index (χ2v) is 4.23. The van der Waals surface area contributed by atoms with Gasteiger partial charge in [-0.15, -0.1) is 0 Å². The normalized spacial score (nSPS) is 13.5. The number of esters is 1. The van der Waals surface area contributed by atoms with Crippen molar-refractivity contribution in [2.45, 2.75) is 26.3 Å². The summed E-state index contributed by atoms with van der Waals surface area (Å²) in [6.07, 6.45) is 0.787. The zero-order valence-electron chi connectivity index (χ0n) is 11.0. The van der Waals surface area contributed by atoms with Crippen LogP contribution in [0.15, 0.2) is 30.3 Å². The second kappa shape index (κ2) is 6.79. The number of carbonyl (C=O) groups excluding carboxylic acids is 2. The Bertz CT molecular complexity index is 403. The molecule has 98 valence electrons. The minimum Gasteiger partial charge on any atom is -0.467 e. The lowest BCUT2D eigenvalue weighted by Gasteiger charge is -2.21. The van der Waals surface area contributed by atoms with Crippen molar-refractivity contribution in [2.75, 3.05) is 7.11 Å². The summed E-state index contributed by atoms with van der Waals surface area (Å²) in [5, 5.41) is 2.72. The van der Waals surface area contributed by atoms with E-state index in [2.05, 4.69) is 5.32 Å². The van der Waals surface area contributed by atoms with Crippen molar-refractivity contribution in [1.29, 1.82) is 0 Å². The highest BCUT2D eigenvalue weighted by molar-refractivity contribution is 5.96. The smallest absolute Gasteiger partial charge is 0.328 e. The molecule has 2 atom stereocenters. The van der Waals surface area contributed by atoms with Crippen LogP contribution < -0.4 is 5.32 Å². The average Bonchev–Trinajstić information content (AvgIpc) is 2.43. The van der Waals surface area contributed by atoms with Gasteiger partial charge in [-0.25, -0.2) is 4.79 Å². The summed E-state index contributed by atoms with van der Waals surface area (Å²) in [4.78, 5) is 23.6. The lowest BCUT2D eigenvalue weighted by atomic mass is 9.99. The topological polar surface area (TPSA) is 55.4 Å². The van der Waals surface area contributed by atoms with Crippen LogP contribution in [0.3, 0.4) is 0 Å². The van der Waals surface area contributed by atoms with Gasteiger partial charge >= 0.3 is 5.97 Å². The average molecular weight is 249 g/mol. The minimum atomic E-state index is -0.604. The van der Waals surface area contributed by atoms with Gasteiger partial charge in [-0.3, -0.25) is 4.79 Å². The Morgan fingerprint density at radius 3 is 2.39 bits per heavy atom. The number of carbonyl (C=O) groups is 2. The fourth-order valence-electron chi connectivity index (χ4n) is 1.61. The first-order valence-electron chi connectivity index (χ1n) is 6.03. The predicted molar refractivity (Wildman–Crippen MR) is 69.2 cm³/mol. The Kier molecular flexibility index (Phi) is 5.36. The highest BCUT2D eigenvalue weighted by atomic mass is 16.5. The van der Waals surface area contributed by atoms with Crippen LogP contribution >= 0.6 is 0 Å². The number of methoxy groups -OCH3 is 1. The summed E-state index contributed by atoms with van der Waals surface area (Å²) in [7, 11) is 1.33. The monoisotopic (exact) mass is 249 g/mol. The van der Waals surface area contributed by atoms with Gasteiger partial charge in [0, 0.05) is 5.56 Å². The maximum atomic E-state index is 12.0. The van der Waals surface area contributed by atoms with E-state index in [0.29, 0.717) is 5.56 Å². The van der Waals surface area contributed by atoms with E-state index in [9.17, 15) is 9.59 Å². The summed E-state index contributed by atoms with van der Waals surface area (Å²) in [5.41, 5.74) is 0.537. The van der Waals surface area contributed by atoms with Gasteiger partial charge in [0.2, 0.25) is 0 Å². The minimum absolute atomic E-state index is 0.0325.